The van der Waals surface area contributed by atoms with Crippen LogP contribution in [-0.2, 0) is 4.79 Å². The van der Waals surface area contributed by atoms with Crippen LogP contribution in [0.1, 0.15) is 57.6 Å². The topological polar surface area (TPSA) is 32.3 Å². The van der Waals surface area contributed by atoms with Crippen LogP contribution >= 0.6 is 0 Å². The molecule has 0 radical (unpaired) electrons. The number of benzene rings is 1. The van der Waals surface area contributed by atoms with Crippen molar-refractivity contribution in [1.29, 1.82) is 0 Å². The normalized spacial score (nSPS) is 17.5. The van der Waals surface area contributed by atoms with Gasteiger partial charge in [0.2, 0.25) is 5.91 Å². The molecule has 1 saturated carbocycles. The van der Waals surface area contributed by atoms with E-state index in [1.807, 2.05) is 7.05 Å². The fourth-order valence-electron chi connectivity index (χ4n) is 3.40. The van der Waals surface area contributed by atoms with E-state index >= 15 is 0 Å². The van der Waals surface area contributed by atoms with E-state index in [1.165, 1.54) is 44.2 Å². The number of carbonyl (C=O) groups is 1. The summed E-state index contributed by atoms with van der Waals surface area (Å²) in [7, 11) is 2.04. The van der Waals surface area contributed by atoms with Gasteiger partial charge in [-0.05, 0) is 43.5 Å². The van der Waals surface area contributed by atoms with Crippen LogP contribution in [0.2, 0.25) is 0 Å². The molecule has 1 aliphatic carbocycles. The number of rotatable bonds is 6. The zero-order valence-corrected chi connectivity index (χ0v) is 14.5. The first-order valence-electron chi connectivity index (χ1n) is 8.72. The van der Waals surface area contributed by atoms with E-state index in [-0.39, 0.29) is 23.7 Å². The van der Waals surface area contributed by atoms with Crippen molar-refractivity contribution in [1.82, 2.24) is 10.2 Å². The zero-order chi connectivity index (χ0) is 16.8. The van der Waals surface area contributed by atoms with Crippen molar-refractivity contribution in [3.8, 4) is 0 Å². The van der Waals surface area contributed by atoms with Crippen LogP contribution in [0.3, 0.4) is 0 Å². The van der Waals surface area contributed by atoms with E-state index in [2.05, 4.69) is 24.1 Å². The molecule has 1 N–H and O–H groups in total. The molecule has 2 rings (SSSR count). The summed E-state index contributed by atoms with van der Waals surface area (Å²) >= 11 is 0. The summed E-state index contributed by atoms with van der Waals surface area (Å²) in [6.45, 7) is 4.56. The van der Waals surface area contributed by atoms with Crippen molar-refractivity contribution in [2.45, 2.75) is 58.0 Å². The third-order valence-electron chi connectivity index (χ3n) is 4.80. The molecular weight excluding hydrogens is 291 g/mol. The fraction of sp³-hybridized carbons (Fsp3) is 0.632. The zero-order valence-electron chi connectivity index (χ0n) is 14.5. The van der Waals surface area contributed by atoms with E-state index in [0.717, 1.165) is 5.56 Å². The summed E-state index contributed by atoms with van der Waals surface area (Å²) in [5.74, 6) is 0.0464. The largest absolute Gasteiger partial charge is 0.348 e. The van der Waals surface area contributed by atoms with E-state index in [9.17, 15) is 9.18 Å². The first-order valence-corrected chi connectivity index (χ1v) is 8.72. The summed E-state index contributed by atoms with van der Waals surface area (Å²) in [6, 6.07) is 6.85. The number of hydrogen-bond acceptors (Lipinski definition) is 2. The number of hydrogen-bond donors (Lipinski definition) is 1. The Bertz CT molecular complexity index is 495. The summed E-state index contributed by atoms with van der Waals surface area (Å²) in [5, 5.41) is 3.12. The Morgan fingerprint density at radius 2 is 1.83 bits per heavy atom. The van der Waals surface area contributed by atoms with Gasteiger partial charge in [-0.15, -0.1) is 0 Å². The molecule has 1 aromatic carbocycles. The van der Waals surface area contributed by atoms with Gasteiger partial charge in [0.1, 0.15) is 5.82 Å². The number of amides is 1. The summed E-state index contributed by atoms with van der Waals surface area (Å²) in [4.78, 5) is 14.6. The van der Waals surface area contributed by atoms with Gasteiger partial charge in [-0.25, -0.2) is 4.39 Å². The second-order valence-electron chi connectivity index (χ2n) is 7.05. The smallest absolute Gasteiger partial charge is 0.234 e. The van der Waals surface area contributed by atoms with Gasteiger partial charge >= 0.3 is 0 Å². The molecule has 0 aromatic heterocycles. The molecular formula is C19H29FN2O. The minimum atomic E-state index is -0.250. The van der Waals surface area contributed by atoms with Crippen molar-refractivity contribution in [3.63, 3.8) is 0 Å². The Morgan fingerprint density at radius 3 is 2.39 bits per heavy atom. The van der Waals surface area contributed by atoms with Crippen LogP contribution < -0.4 is 5.32 Å². The first kappa shape index (κ1) is 17.9. The van der Waals surface area contributed by atoms with Gasteiger partial charge in [0, 0.05) is 6.04 Å². The molecule has 0 saturated heterocycles. The summed E-state index contributed by atoms with van der Waals surface area (Å²) in [5.41, 5.74) is 0.954. The van der Waals surface area contributed by atoms with Gasteiger partial charge in [-0.1, -0.05) is 45.2 Å². The Hall–Kier alpha value is -1.42. The molecule has 128 valence electrons. The second kappa shape index (κ2) is 8.44. The van der Waals surface area contributed by atoms with E-state index in [0.29, 0.717) is 12.6 Å². The van der Waals surface area contributed by atoms with Crippen LogP contribution in [0.15, 0.2) is 24.3 Å². The molecule has 1 unspecified atom stereocenters. The number of carbonyl (C=O) groups excluding carboxylic acids is 1. The molecule has 0 bridgehead atoms. The lowest BCUT2D eigenvalue weighted by Gasteiger charge is -2.31. The standard InChI is InChI=1S/C19H29FN2O/c1-14(2)19(15-9-11-16(20)12-10-15)21-18(23)13-22(3)17-7-5-4-6-8-17/h9-12,14,17,19H,4-8,13H2,1-3H3,(H,21,23). The Morgan fingerprint density at radius 1 is 1.22 bits per heavy atom. The molecule has 3 nitrogen and oxygen atoms in total. The molecule has 4 heteroatoms. The number of halogens is 1. The third-order valence-corrected chi connectivity index (χ3v) is 4.80. The molecule has 1 aromatic rings. The average molecular weight is 320 g/mol. The first-order chi connectivity index (χ1) is 11.0. The Balaban J connectivity index is 1.93. The Kier molecular flexibility index (Phi) is 6.58. The van der Waals surface area contributed by atoms with E-state index < -0.39 is 0 Å². The SMILES string of the molecule is CC(C)C(NC(=O)CN(C)C1CCCCC1)c1ccc(F)cc1. The summed E-state index contributed by atoms with van der Waals surface area (Å²) < 4.78 is 13.1. The quantitative estimate of drug-likeness (QED) is 0.862. The maximum absolute atomic E-state index is 13.1. The van der Waals surface area contributed by atoms with Crippen LogP contribution in [0.5, 0.6) is 0 Å². The minimum Gasteiger partial charge on any atom is -0.348 e. The highest BCUT2D eigenvalue weighted by Crippen LogP contribution is 2.23. The van der Waals surface area contributed by atoms with Crippen molar-refractivity contribution in [3.05, 3.63) is 35.6 Å². The van der Waals surface area contributed by atoms with Gasteiger partial charge < -0.3 is 5.32 Å². The third kappa shape index (κ3) is 5.31. The van der Waals surface area contributed by atoms with Crippen LogP contribution in [0.25, 0.3) is 0 Å². The number of likely N-dealkylation sites (N-methyl/N-ethyl adjacent to an activating group) is 1. The predicted molar refractivity (Wildman–Crippen MR) is 91.6 cm³/mol. The molecule has 23 heavy (non-hydrogen) atoms. The molecule has 1 amide bonds. The van der Waals surface area contributed by atoms with Crippen LogP contribution in [-0.4, -0.2) is 30.4 Å². The molecule has 1 fully saturated rings. The van der Waals surface area contributed by atoms with Gasteiger partial charge in [-0.3, -0.25) is 9.69 Å². The lowest BCUT2D eigenvalue weighted by atomic mass is 9.94. The highest BCUT2D eigenvalue weighted by atomic mass is 19.1. The highest BCUT2D eigenvalue weighted by molar-refractivity contribution is 5.78. The van der Waals surface area contributed by atoms with E-state index in [1.54, 1.807) is 12.1 Å². The number of nitrogens with one attached hydrogen (secondary N) is 1. The van der Waals surface area contributed by atoms with Crippen LogP contribution in [0.4, 0.5) is 4.39 Å². The van der Waals surface area contributed by atoms with Crippen molar-refractivity contribution in [2.75, 3.05) is 13.6 Å². The second-order valence-corrected chi connectivity index (χ2v) is 7.05. The molecule has 0 heterocycles. The lowest BCUT2D eigenvalue weighted by Crippen LogP contribution is -2.43. The maximum atomic E-state index is 13.1. The average Bonchev–Trinajstić information content (AvgIpc) is 2.54. The van der Waals surface area contributed by atoms with Crippen molar-refractivity contribution < 1.29 is 9.18 Å². The van der Waals surface area contributed by atoms with Crippen molar-refractivity contribution >= 4 is 5.91 Å². The maximum Gasteiger partial charge on any atom is 0.234 e. The predicted octanol–water partition coefficient (Wildman–Crippen LogP) is 3.90. The minimum absolute atomic E-state index is 0.0427. The van der Waals surface area contributed by atoms with Gasteiger partial charge in [-0.2, -0.15) is 0 Å². The lowest BCUT2D eigenvalue weighted by molar-refractivity contribution is -0.123. The van der Waals surface area contributed by atoms with Gasteiger partial charge in [0.15, 0.2) is 0 Å². The van der Waals surface area contributed by atoms with Crippen LogP contribution in [0, 0.1) is 11.7 Å². The molecule has 0 spiro atoms. The Labute approximate surface area is 139 Å². The fourth-order valence-corrected chi connectivity index (χ4v) is 3.40. The molecule has 1 aliphatic rings. The van der Waals surface area contributed by atoms with E-state index in [4.69, 9.17) is 0 Å². The molecule has 0 aliphatic heterocycles. The monoisotopic (exact) mass is 320 g/mol. The highest BCUT2D eigenvalue weighted by Gasteiger charge is 2.22. The van der Waals surface area contributed by atoms with Crippen molar-refractivity contribution in [2.24, 2.45) is 5.92 Å². The number of nitrogens with zero attached hydrogens (tertiary/aromatic N) is 1. The van der Waals surface area contributed by atoms with Gasteiger partial charge in [0.25, 0.3) is 0 Å². The molecule has 1 atom stereocenters. The summed E-state index contributed by atoms with van der Waals surface area (Å²) in [6.07, 6.45) is 6.23. The van der Waals surface area contributed by atoms with Gasteiger partial charge in [0.05, 0.1) is 12.6 Å².